The predicted molar refractivity (Wildman–Crippen MR) is 97.4 cm³/mol. The van der Waals surface area contributed by atoms with Crippen LogP contribution in [0.5, 0.6) is 11.5 Å². The summed E-state index contributed by atoms with van der Waals surface area (Å²) in [5, 5.41) is 12.0. The molecule has 0 saturated heterocycles. The second-order valence-electron chi connectivity index (χ2n) is 6.47. The molecule has 1 amide bonds. The third-order valence-corrected chi connectivity index (χ3v) is 4.27. The smallest absolute Gasteiger partial charge is 0.255 e. The van der Waals surface area contributed by atoms with Gasteiger partial charge in [0.05, 0.1) is 6.61 Å². The third kappa shape index (κ3) is 3.81. The van der Waals surface area contributed by atoms with Crippen molar-refractivity contribution < 1.29 is 19.4 Å². The Morgan fingerprint density at radius 3 is 2.69 bits per heavy atom. The molecule has 2 aromatic carbocycles. The van der Waals surface area contributed by atoms with Crippen LogP contribution in [0, 0.1) is 17.8 Å². The van der Waals surface area contributed by atoms with Gasteiger partial charge in [0, 0.05) is 28.8 Å². The second kappa shape index (κ2) is 7.11. The standard InChI is InChI=1S/C21H19NO4/c23-12-18-13-25-20-11-17(9-10-19(20)26-18)22-21(24)16-7-5-15(6-8-16)4-3-14-1-2-14/h5-11,14,18,23H,1-2,12-13H2,(H,22,24)/t18-/m1/s1. The first-order valence-corrected chi connectivity index (χ1v) is 8.68. The second-order valence-corrected chi connectivity index (χ2v) is 6.47. The van der Waals surface area contributed by atoms with E-state index in [1.54, 1.807) is 30.3 Å². The number of fused-ring (bicyclic) bond motifs is 1. The van der Waals surface area contributed by atoms with Crippen LogP contribution in [0.15, 0.2) is 42.5 Å². The number of hydrogen-bond acceptors (Lipinski definition) is 4. The van der Waals surface area contributed by atoms with Crippen LogP contribution >= 0.6 is 0 Å². The highest BCUT2D eigenvalue weighted by molar-refractivity contribution is 6.04. The number of carbonyl (C=O) groups excluding carboxylic acids is 1. The summed E-state index contributed by atoms with van der Waals surface area (Å²) >= 11 is 0. The summed E-state index contributed by atoms with van der Waals surface area (Å²) in [6.45, 7) is 0.184. The number of anilines is 1. The van der Waals surface area contributed by atoms with Crippen molar-refractivity contribution in [1.82, 2.24) is 0 Å². The molecule has 2 aromatic rings. The highest BCUT2D eigenvalue weighted by Crippen LogP contribution is 2.34. The third-order valence-electron chi connectivity index (χ3n) is 4.27. The molecule has 26 heavy (non-hydrogen) atoms. The summed E-state index contributed by atoms with van der Waals surface area (Å²) in [4.78, 5) is 12.4. The summed E-state index contributed by atoms with van der Waals surface area (Å²) in [6.07, 6.45) is 2.04. The molecule has 1 atom stereocenters. The van der Waals surface area contributed by atoms with Gasteiger partial charge in [0.2, 0.25) is 0 Å². The number of hydrogen-bond donors (Lipinski definition) is 2. The van der Waals surface area contributed by atoms with Gasteiger partial charge in [0.15, 0.2) is 17.6 Å². The molecule has 0 unspecified atom stereocenters. The lowest BCUT2D eigenvalue weighted by atomic mass is 10.1. The Labute approximate surface area is 151 Å². The van der Waals surface area contributed by atoms with Gasteiger partial charge in [0.1, 0.15) is 6.61 Å². The fourth-order valence-corrected chi connectivity index (χ4v) is 2.60. The zero-order valence-corrected chi connectivity index (χ0v) is 14.2. The van der Waals surface area contributed by atoms with E-state index in [1.165, 1.54) is 12.8 Å². The summed E-state index contributed by atoms with van der Waals surface area (Å²) in [6, 6.07) is 12.5. The Morgan fingerprint density at radius 1 is 1.15 bits per heavy atom. The summed E-state index contributed by atoms with van der Waals surface area (Å²) < 4.78 is 11.2. The molecule has 132 valence electrons. The lowest BCUT2D eigenvalue weighted by Gasteiger charge is -2.25. The van der Waals surface area contributed by atoms with Gasteiger partial charge in [-0.25, -0.2) is 0 Å². The zero-order valence-electron chi connectivity index (χ0n) is 14.2. The van der Waals surface area contributed by atoms with Gasteiger partial charge < -0.3 is 19.9 Å². The van der Waals surface area contributed by atoms with Gasteiger partial charge >= 0.3 is 0 Å². The molecule has 5 nitrogen and oxygen atoms in total. The number of aliphatic hydroxyl groups is 1. The van der Waals surface area contributed by atoms with Crippen molar-refractivity contribution in [2.24, 2.45) is 5.92 Å². The average Bonchev–Trinajstić information content (AvgIpc) is 3.51. The van der Waals surface area contributed by atoms with E-state index in [4.69, 9.17) is 14.6 Å². The van der Waals surface area contributed by atoms with E-state index in [9.17, 15) is 4.79 Å². The molecule has 0 bridgehead atoms. The van der Waals surface area contributed by atoms with Gasteiger partial charge in [-0.2, -0.15) is 0 Å². The molecular weight excluding hydrogens is 330 g/mol. The predicted octanol–water partition coefficient (Wildman–Crippen LogP) is 2.83. The molecule has 0 spiro atoms. The topological polar surface area (TPSA) is 67.8 Å². The quantitative estimate of drug-likeness (QED) is 0.836. The molecule has 2 N–H and O–H groups in total. The molecule has 2 aliphatic rings. The average molecular weight is 349 g/mol. The highest BCUT2D eigenvalue weighted by Gasteiger charge is 2.21. The molecule has 1 heterocycles. The molecule has 1 saturated carbocycles. The summed E-state index contributed by atoms with van der Waals surface area (Å²) in [5.74, 6) is 7.82. The van der Waals surface area contributed by atoms with Crippen LogP contribution in [-0.2, 0) is 0 Å². The minimum Gasteiger partial charge on any atom is -0.486 e. The van der Waals surface area contributed by atoms with E-state index < -0.39 is 0 Å². The molecule has 1 aliphatic carbocycles. The lowest BCUT2D eigenvalue weighted by Crippen LogP contribution is -2.32. The minimum atomic E-state index is -0.357. The van der Waals surface area contributed by atoms with Gasteiger partial charge in [-0.15, -0.1) is 0 Å². The normalized spacial score (nSPS) is 17.8. The number of benzene rings is 2. The van der Waals surface area contributed by atoms with Crippen LogP contribution in [0.25, 0.3) is 0 Å². The van der Waals surface area contributed by atoms with Crippen molar-refractivity contribution in [1.29, 1.82) is 0 Å². The maximum Gasteiger partial charge on any atom is 0.255 e. The summed E-state index contributed by atoms with van der Waals surface area (Å²) in [7, 11) is 0. The van der Waals surface area contributed by atoms with Crippen LogP contribution in [0.4, 0.5) is 5.69 Å². The van der Waals surface area contributed by atoms with E-state index >= 15 is 0 Å². The maximum atomic E-state index is 12.4. The molecule has 1 fully saturated rings. The number of nitrogens with one attached hydrogen (secondary N) is 1. The van der Waals surface area contributed by atoms with Crippen molar-refractivity contribution in [2.45, 2.75) is 18.9 Å². The van der Waals surface area contributed by atoms with Crippen molar-refractivity contribution >= 4 is 11.6 Å². The number of ether oxygens (including phenoxy) is 2. The first-order chi connectivity index (χ1) is 12.7. The van der Waals surface area contributed by atoms with E-state index in [-0.39, 0.29) is 25.2 Å². The highest BCUT2D eigenvalue weighted by atomic mass is 16.6. The largest absolute Gasteiger partial charge is 0.486 e. The fraction of sp³-hybridized carbons (Fsp3) is 0.286. The van der Waals surface area contributed by atoms with Crippen LogP contribution in [0.3, 0.4) is 0 Å². The molecule has 1 aliphatic heterocycles. The van der Waals surface area contributed by atoms with Crippen LogP contribution in [0.2, 0.25) is 0 Å². The molecule has 5 heteroatoms. The van der Waals surface area contributed by atoms with Crippen LogP contribution in [-0.4, -0.2) is 30.3 Å². The Balaban J connectivity index is 1.42. The van der Waals surface area contributed by atoms with E-state index in [0.717, 1.165) is 5.56 Å². The van der Waals surface area contributed by atoms with E-state index in [2.05, 4.69) is 17.2 Å². The Hall–Kier alpha value is -2.97. The van der Waals surface area contributed by atoms with Crippen molar-refractivity contribution in [3.63, 3.8) is 0 Å². The van der Waals surface area contributed by atoms with Gasteiger partial charge in [-0.05, 0) is 49.2 Å². The van der Waals surface area contributed by atoms with Gasteiger partial charge in [-0.1, -0.05) is 11.8 Å². The lowest BCUT2D eigenvalue weighted by molar-refractivity contribution is 0.0457. The Kier molecular flexibility index (Phi) is 4.51. The summed E-state index contributed by atoms with van der Waals surface area (Å²) in [5.41, 5.74) is 2.11. The Bertz CT molecular complexity index is 875. The SMILES string of the molecule is O=C(Nc1ccc2c(c1)OC[C@@H](CO)O2)c1ccc(C#CC2CC2)cc1. The van der Waals surface area contributed by atoms with Crippen molar-refractivity contribution in [3.8, 4) is 23.3 Å². The van der Waals surface area contributed by atoms with Gasteiger partial charge in [-0.3, -0.25) is 4.79 Å². The van der Waals surface area contributed by atoms with E-state index in [0.29, 0.717) is 28.7 Å². The van der Waals surface area contributed by atoms with Gasteiger partial charge in [0.25, 0.3) is 5.91 Å². The van der Waals surface area contributed by atoms with Crippen LogP contribution < -0.4 is 14.8 Å². The first kappa shape index (κ1) is 16.5. The zero-order chi connectivity index (χ0) is 17.9. The monoisotopic (exact) mass is 349 g/mol. The van der Waals surface area contributed by atoms with Crippen LogP contribution in [0.1, 0.15) is 28.8 Å². The fourth-order valence-electron chi connectivity index (χ4n) is 2.60. The number of rotatable bonds is 3. The number of amides is 1. The van der Waals surface area contributed by atoms with E-state index in [1.807, 2.05) is 12.1 Å². The Morgan fingerprint density at radius 2 is 1.96 bits per heavy atom. The molecule has 4 rings (SSSR count). The minimum absolute atomic E-state index is 0.0983. The molecule has 0 radical (unpaired) electrons. The first-order valence-electron chi connectivity index (χ1n) is 8.68. The molecule has 0 aromatic heterocycles. The van der Waals surface area contributed by atoms with Crippen molar-refractivity contribution in [2.75, 3.05) is 18.5 Å². The number of carbonyl (C=O) groups is 1. The molecular formula is C21H19NO4. The van der Waals surface area contributed by atoms with Crippen molar-refractivity contribution in [3.05, 3.63) is 53.6 Å². The number of aliphatic hydroxyl groups excluding tert-OH is 1. The maximum absolute atomic E-state index is 12.4.